The first-order chi connectivity index (χ1) is 9.97. The SMILES string of the molecule is Fc1ccc(-c2cnc(OCC(F)F)c(C(F)F)n2)nc1. The third kappa shape index (κ3) is 3.83. The number of hydrogen-bond donors (Lipinski definition) is 0. The van der Waals surface area contributed by atoms with Crippen molar-refractivity contribution in [3.8, 4) is 17.3 Å². The highest BCUT2D eigenvalue weighted by molar-refractivity contribution is 5.53. The van der Waals surface area contributed by atoms with Gasteiger partial charge in [-0.1, -0.05) is 0 Å². The molecule has 0 atom stereocenters. The molecule has 0 bridgehead atoms. The summed E-state index contributed by atoms with van der Waals surface area (Å²) >= 11 is 0. The smallest absolute Gasteiger partial charge is 0.285 e. The topological polar surface area (TPSA) is 47.9 Å². The van der Waals surface area contributed by atoms with Crippen LogP contribution in [-0.2, 0) is 0 Å². The lowest BCUT2D eigenvalue weighted by Gasteiger charge is -2.10. The number of pyridine rings is 1. The Morgan fingerprint density at radius 1 is 1.00 bits per heavy atom. The summed E-state index contributed by atoms with van der Waals surface area (Å²) in [6.07, 6.45) is -3.96. The molecular weight excluding hydrogens is 297 g/mol. The maximum atomic E-state index is 12.9. The average molecular weight is 305 g/mol. The van der Waals surface area contributed by atoms with E-state index in [9.17, 15) is 22.0 Å². The summed E-state index contributed by atoms with van der Waals surface area (Å²) in [6.45, 7) is -1.07. The van der Waals surface area contributed by atoms with E-state index in [1.54, 1.807) is 0 Å². The molecule has 0 aromatic carbocycles. The molecule has 2 aromatic heterocycles. The lowest BCUT2D eigenvalue weighted by molar-refractivity contribution is 0.0736. The Morgan fingerprint density at radius 2 is 1.76 bits per heavy atom. The van der Waals surface area contributed by atoms with Crippen molar-refractivity contribution >= 4 is 0 Å². The van der Waals surface area contributed by atoms with Gasteiger partial charge >= 0.3 is 0 Å². The van der Waals surface area contributed by atoms with Gasteiger partial charge in [-0.25, -0.2) is 31.9 Å². The second-order valence-corrected chi connectivity index (χ2v) is 3.81. The largest absolute Gasteiger partial charge is 0.470 e. The average Bonchev–Trinajstić information content (AvgIpc) is 2.45. The van der Waals surface area contributed by atoms with E-state index in [-0.39, 0.29) is 11.4 Å². The van der Waals surface area contributed by atoms with Gasteiger partial charge < -0.3 is 4.74 Å². The first-order valence-electron chi connectivity index (χ1n) is 5.65. The third-order valence-corrected chi connectivity index (χ3v) is 2.31. The quantitative estimate of drug-likeness (QED) is 0.796. The van der Waals surface area contributed by atoms with Gasteiger partial charge in [0.15, 0.2) is 12.3 Å². The van der Waals surface area contributed by atoms with Gasteiger partial charge in [0.05, 0.1) is 18.1 Å². The minimum atomic E-state index is -3.06. The Bertz CT molecular complexity index is 606. The summed E-state index contributed by atoms with van der Waals surface area (Å²) in [5, 5.41) is 0. The van der Waals surface area contributed by atoms with Crippen molar-refractivity contribution in [3.05, 3.63) is 36.0 Å². The summed E-state index contributed by atoms with van der Waals surface area (Å²) in [6, 6.07) is 2.31. The molecule has 2 rings (SSSR count). The molecule has 0 aliphatic heterocycles. The van der Waals surface area contributed by atoms with E-state index in [1.807, 2.05) is 0 Å². The van der Waals surface area contributed by atoms with E-state index in [4.69, 9.17) is 0 Å². The second kappa shape index (κ2) is 6.42. The van der Waals surface area contributed by atoms with E-state index in [2.05, 4.69) is 19.7 Å². The molecule has 112 valence electrons. The highest BCUT2D eigenvalue weighted by Crippen LogP contribution is 2.27. The Morgan fingerprint density at radius 3 is 2.33 bits per heavy atom. The number of hydrogen-bond acceptors (Lipinski definition) is 4. The number of rotatable bonds is 5. The molecule has 0 radical (unpaired) electrons. The Balaban J connectivity index is 2.33. The summed E-state index contributed by atoms with van der Waals surface area (Å²) < 4.78 is 67.0. The summed E-state index contributed by atoms with van der Waals surface area (Å²) in [5.74, 6) is -1.27. The standard InChI is InChI=1S/C12H8F5N3O/c13-6-1-2-7(18-3-6)8-4-19-12(21-5-9(14)15)10(20-8)11(16)17/h1-4,9,11H,5H2. The Kier molecular flexibility index (Phi) is 4.61. The van der Waals surface area contributed by atoms with Crippen LogP contribution in [0.1, 0.15) is 12.1 Å². The van der Waals surface area contributed by atoms with Crippen LogP contribution in [0.15, 0.2) is 24.5 Å². The molecule has 0 spiro atoms. The zero-order valence-corrected chi connectivity index (χ0v) is 10.3. The van der Waals surface area contributed by atoms with Crippen LogP contribution in [0.25, 0.3) is 11.4 Å². The molecule has 0 N–H and O–H groups in total. The highest BCUT2D eigenvalue weighted by atomic mass is 19.3. The fourth-order valence-corrected chi connectivity index (χ4v) is 1.44. The number of ether oxygens (including phenoxy) is 1. The van der Waals surface area contributed by atoms with Crippen molar-refractivity contribution in [1.82, 2.24) is 15.0 Å². The van der Waals surface area contributed by atoms with Crippen molar-refractivity contribution in [3.63, 3.8) is 0 Å². The Labute approximate surface area is 115 Å². The van der Waals surface area contributed by atoms with Crippen LogP contribution in [-0.4, -0.2) is 28.0 Å². The number of alkyl halides is 4. The molecule has 2 heterocycles. The summed E-state index contributed by atoms with van der Waals surface area (Å²) in [4.78, 5) is 10.8. The molecule has 0 amide bonds. The normalized spacial score (nSPS) is 11.2. The summed E-state index contributed by atoms with van der Waals surface area (Å²) in [5.41, 5.74) is -0.805. The molecule has 4 nitrogen and oxygen atoms in total. The van der Waals surface area contributed by atoms with Gasteiger partial charge in [0, 0.05) is 0 Å². The predicted octanol–water partition coefficient (Wildman–Crippen LogP) is 3.26. The maximum absolute atomic E-state index is 12.9. The Hall–Kier alpha value is -2.32. The molecule has 2 aromatic rings. The predicted molar refractivity (Wildman–Crippen MR) is 61.7 cm³/mol. The van der Waals surface area contributed by atoms with Gasteiger partial charge in [-0.3, -0.25) is 4.98 Å². The van der Waals surface area contributed by atoms with E-state index >= 15 is 0 Å². The molecule has 0 saturated heterocycles. The van der Waals surface area contributed by atoms with Gasteiger partial charge in [-0.15, -0.1) is 0 Å². The van der Waals surface area contributed by atoms with E-state index in [0.717, 1.165) is 18.5 Å². The van der Waals surface area contributed by atoms with Gasteiger partial charge in [0.2, 0.25) is 5.88 Å². The van der Waals surface area contributed by atoms with Gasteiger partial charge in [-0.2, -0.15) is 0 Å². The molecule has 21 heavy (non-hydrogen) atoms. The molecule has 0 aliphatic carbocycles. The lowest BCUT2D eigenvalue weighted by atomic mass is 10.2. The number of nitrogens with zero attached hydrogens (tertiary/aromatic N) is 3. The van der Waals surface area contributed by atoms with E-state index in [1.165, 1.54) is 6.07 Å². The van der Waals surface area contributed by atoms with Crippen LogP contribution in [0.3, 0.4) is 0 Å². The van der Waals surface area contributed by atoms with Gasteiger partial charge in [0.25, 0.3) is 12.9 Å². The van der Waals surface area contributed by atoms with Gasteiger partial charge in [0.1, 0.15) is 11.5 Å². The summed E-state index contributed by atoms with van der Waals surface area (Å²) in [7, 11) is 0. The second-order valence-electron chi connectivity index (χ2n) is 3.81. The monoisotopic (exact) mass is 305 g/mol. The zero-order valence-electron chi connectivity index (χ0n) is 10.3. The number of halogens is 5. The molecule has 0 fully saturated rings. The van der Waals surface area contributed by atoms with Crippen molar-refractivity contribution in [2.75, 3.05) is 6.61 Å². The van der Waals surface area contributed by atoms with Crippen molar-refractivity contribution in [1.29, 1.82) is 0 Å². The highest BCUT2D eigenvalue weighted by Gasteiger charge is 2.20. The van der Waals surface area contributed by atoms with Crippen LogP contribution < -0.4 is 4.74 Å². The minimum Gasteiger partial charge on any atom is -0.470 e. The number of aromatic nitrogens is 3. The molecule has 0 aliphatic rings. The zero-order chi connectivity index (χ0) is 15.4. The van der Waals surface area contributed by atoms with E-state index in [0.29, 0.717) is 0 Å². The molecule has 0 unspecified atom stereocenters. The van der Waals surface area contributed by atoms with Crippen LogP contribution in [0.2, 0.25) is 0 Å². The van der Waals surface area contributed by atoms with Crippen molar-refractivity contribution in [2.24, 2.45) is 0 Å². The fraction of sp³-hybridized carbons (Fsp3) is 0.250. The van der Waals surface area contributed by atoms with E-state index < -0.39 is 36.8 Å². The lowest BCUT2D eigenvalue weighted by Crippen LogP contribution is -2.11. The first kappa shape index (κ1) is 15.1. The van der Waals surface area contributed by atoms with Crippen molar-refractivity contribution in [2.45, 2.75) is 12.9 Å². The van der Waals surface area contributed by atoms with Gasteiger partial charge in [-0.05, 0) is 12.1 Å². The van der Waals surface area contributed by atoms with Crippen LogP contribution >= 0.6 is 0 Å². The third-order valence-electron chi connectivity index (χ3n) is 2.31. The first-order valence-corrected chi connectivity index (χ1v) is 5.65. The van der Waals surface area contributed by atoms with Crippen LogP contribution in [0.4, 0.5) is 22.0 Å². The molecule has 0 saturated carbocycles. The minimum absolute atomic E-state index is 0.0466. The van der Waals surface area contributed by atoms with Crippen LogP contribution in [0, 0.1) is 5.82 Å². The van der Waals surface area contributed by atoms with Crippen LogP contribution in [0.5, 0.6) is 5.88 Å². The van der Waals surface area contributed by atoms with Crippen molar-refractivity contribution < 1.29 is 26.7 Å². The molecular formula is C12H8F5N3O. The molecule has 9 heteroatoms. The maximum Gasteiger partial charge on any atom is 0.285 e. The fourth-order valence-electron chi connectivity index (χ4n) is 1.44.